The van der Waals surface area contributed by atoms with Gasteiger partial charge in [-0.2, -0.15) is 0 Å². The van der Waals surface area contributed by atoms with Gasteiger partial charge in [0, 0.05) is 25.5 Å². The molecule has 0 saturated heterocycles. The molecule has 0 fully saturated rings. The van der Waals surface area contributed by atoms with Crippen molar-refractivity contribution in [3.8, 4) is 0 Å². The van der Waals surface area contributed by atoms with Gasteiger partial charge in [0.1, 0.15) is 0 Å². The number of nitrogens with zero attached hydrogens (tertiary/aromatic N) is 1. The molecule has 0 spiro atoms. The van der Waals surface area contributed by atoms with E-state index in [0.29, 0.717) is 25.9 Å². The number of hydrogen-bond donors (Lipinski definition) is 1. The molecule has 0 radical (unpaired) electrons. The van der Waals surface area contributed by atoms with Crippen LogP contribution in [0.25, 0.3) is 0 Å². The standard InChI is InChI=1S/C12H20N2O2/c1-13-12(10-16-7-6-15-2)8-11-4-3-5-14-9-11/h3-5,9,12-13H,6-8,10H2,1-2H3. The molecule has 16 heavy (non-hydrogen) atoms. The van der Waals surface area contributed by atoms with Crippen LogP contribution in [0.2, 0.25) is 0 Å². The average Bonchev–Trinajstić information content (AvgIpc) is 2.34. The van der Waals surface area contributed by atoms with Crippen molar-refractivity contribution < 1.29 is 9.47 Å². The van der Waals surface area contributed by atoms with Crippen LogP contribution in [0.5, 0.6) is 0 Å². The maximum atomic E-state index is 5.49. The molecule has 90 valence electrons. The van der Waals surface area contributed by atoms with Crippen LogP contribution >= 0.6 is 0 Å². The van der Waals surface area contributed by atoms with Gasteiger partial charge >= 0.3 is 0 Å². The molecule has 1 aromatic rings. The molecule has 1 heterocycles. The van der Waals surface area contributed by atoms with Gasteiger partial charge in [-0.25, -0.2) is 0 Å². The lowest BCUT2D eigenvalue weighted by molar-refractivity contribution is 0.0597. The SMILES string of the molecule is CNC(COCCOC)Cc1cccnc1. The lowest BCUT2D eigenvalue weighted by Crippen LogP contribution is -2.33. The highest BCUT2D eigenvalue weighted by atomic mass is 16.5. The van der Waals surface area contributed by atoms with E-state index in [0.717, 1.165) is 6.42 Å². The minimum Gasteiger partial charge on any atom is -0.382 e. The van der Waals surface area contributed by atoms with E-state index in [9.17, 15) is 0 Å². The first kappa shape index (κ1) is 13.1. The zero-order valence-electron chi connectivity index (χ0n) is 9.98. The Balaban J connectivity index is 2.26. The highest BCUT2D eigenvalue weighted by molar-refractivity contribution is 5.10. The summed E-state index contributed by atoms with van der Waals surface area (Å²) in [6.45, 7) is 1.97. The zero-order valence-corrected chi connectivity index (χ0v) is 9.98. The summed E-state index contributed by atoms with van der Waals surface area (Å²) in [7, 11) is 3.62. The third-order valence-electron chi connectivity index (χ3n) is 2.36. The van der Waals surface area contributed by atoms with E-state index >= 15 is 0 Å². The van der Waals surface area contributed by atoms with Crippen molar-refractivity contribution in [1.29, 1.82) is 0 Å². The number of rotatable bonds is 8. The topological polar surface area (TPSA) is 43.4 Å². The van der Waals surface area contributed by atoms with Crippen LogP contribution in [-0.2, 0) is 15.9 Å². The van der Waals surface area contributed by atoms with Gasteiger partial charge in [-0.3, -0.25) is 4.98 Å². The van der Waals surface area contributed by atoms with E-state index in [2.05, 4.69) is 16.4 Å². The molecule has 1 atom stereocenters. The molecule has 1 aromatic heterocycles. The van der Waals surface area contributed by atoms with Crippen molar-refractivity contribution >= 4 is 0 Å². The van der Waals surface area contributed by atoms with Crippen LogP contribution in [0.3, 0.4) is 0 Å². The molecule has 4 nitrogen and oxygen atoms in total. The van der Waals surface area contributed by atoms with Crippen LogP contribution in [0.4, 0.5) is 0 Å². The van der Waals surface area contributed by atoms with Gasteiger partial charge in [-0.05, 0) is 25.1 Å². The lowest BCUT2D eigenvalue weighted by atomic mass is 10.1. The predicted molar refractivity (Wildman–Crippen MR) is 63.5 cm³/mol. The Morgan fingerprint density at radius 3 is 2.94 bits per heavy atom. The van der Waals surface area contributed by atoms with Crippen LogP contribution in [0, 0.1) is 0 Å². The first-order valence-electron chi connectivity index (χ1n) is 5.49. The third kappa shape index (κ3) is 5.21. The smallest absolute Gasteiger partial charge is 0.0701 e. The highest BCUT2D eigenvalue weighted by Crippen LogP contribution is 2.01. The quantitative estimate of drug-likeness (QED) is 0.666. The van der Waals surface area contributed by atoms with E-state index in [1.165, 1.54) is 5.56 Å². The van der Waals surface area contributed by atoms with E-state index in [4.69, 9.17) is 9.47 Å². The van der Waals surface area contributed by atoms with E-state index in [1.54, 1.807) is 13.3 Å². The molecule has 1 rings (SSSR count). The minimum atomic E-state index is 0.320. The Kier molecular flexibility index (Phi) is 6.72. The molecule has 1 N–H and O–H groups in total. The Labute approximate surface area is 97.0 Å². The number of nitrogens with one attached hydrogen (secondary N) is 1. The summed E-state index contributed by atoms with van der Waals surface area (Å²) >= 11 is 0. The minimum absolute atomic E-state index is 0.320. The number of aromatic nitrogens is 1. The van der Waals surface area contributed by atoms with Gasteiger partial charge in [-0.15, -0.1) is 0 Å². The molecule has 0 amide bonds. The number of likely N-dealkylation sites (N-methyl/N-ethyl adjacent to an activating group) is 1. The van der Waals surface area contributed by atoms with Gasteiger partial charge in [0.15, 0.2) is 0 Å². The molecular formula is C12H20N2O2. The lowest BCUT2D eigenvalue weighted by Gasteiger charge is -2.16. The molecule has 1 unspecified atom stereocenters. The first-order chi connectivity index (χ1) is 7.86. The first-order valence-corrected chi connectivity index (χ1v) is 5.49. The highest BCUT2D eigenvalue weighted by Gasteiger charge is 2.07. The Bertz CT molecular complexity index is 267. The summed E-state index contributed by atoms with van der Waals surface area (Å²) in [5.74, 6) is 0. The summed E-state index contributed by atoms with van der Waals surface area (Å²) < 4.78 is 10.4. The molecule has 0 saturated carbocycles. The van der Waals surface area contributed by atoms with Gasteiger partial charge < -0.3 is 14.8 Å². The Morgan fingerprint density at radius 1 is 1.44 bits per heavy atom. The second-order valence-corrected chi connectivity index (χ2v) is 3.62. The summed E-state index contributed by atoms with van der Waals surface area (Å²) in [5.41, 5.74) is 1.22. The Morgan fingerprint density at radius 2 is 2.31 bits per heavy atom. The number of pyridine rings is 1. The molecule has 4 heteroatoms. The monoisotopic (exact) mass is 224 g/mol. The summed E-state index contributed by atoms with van der Waals surface area (Å²) in [6.07, 6.45) is 4.60. The number of methoxy groups -OCH3 is 1. The van der Waals surface area contributed by atoms with Crippen LogP contribution in [0.1, 0.15) is 5.56 Å². The summed E-state index contributed by atoms with van der Waals surface area (Å²) in [6, 6.07) is 4.35. The zero-order chi connectivity index (χ0) is 11.6. The fourth-order valence-electron chi connectivity index (χ4n) is 1.42. The third-order valence-corrected chi connectivity index (χ3v) is 2.36. The molecule has 0 aliphatic heterocycles. The van der Waals surface area contributed by atoms with Crippen molar-refractivity contribution in [3.63, 3.8) is 0 Å². The normalized spacial score (nSPS) is 12.6. The second-order valence-electron chi connectivity index (χ2n) is 3.62. The number of ether oxygens (including phenoxy) is 2. The van der Waals surface area contributed by atoms with E-state index in [-0.39, 0.29) is 0 Å². The van der Waals surface area contributed by atoms with Crippen molar-refractivity contribution in [2.24, 2.45) is 0 Å². The van der Waals surface area contributed by atoms with Gasteiger partial charge in [-0.1, -0.05) is 6.07 Å². The fourth-order valence-corrected chi connectivity index (χ4v) is 1.42. The van der Waals surface area contributed by atoms with Crippen molar-refractivity contribution in [2.75, 3.05) is 34.0 Å². The number of hydrogen-bond acceptors (Lipinski definition) is 4. The second kappa shape index (κ2) is 8.21. The van der Waals surface area contributed by atoms with E-state index < -0.39 is 0 Å². The maximum absolute atomic E-state index is 5.49. The molecule has 0 aliphatic rings. The van der Waals surface area contributed by atoms with Crippen LogP contribution in [-0.4, -0.2) is 45.0 Å². The van der Waals surface area contributed by atoms with E-state index in [1.807, 2.05) is 19.3 Å². The van der Waals surface area contributed by atoms with Crippen molar-refractivity contribution in [3.05, 3.63) is 30.1 Å². The predicted octanol–water partition coefficient (Wildman–Crippen LogP) is 0.875. The van der Waals surface area contributed by atoms with Crippen molar-refractivity contribution in [1.82, 2.24) is 10.3 Å². The molecule has 0 aliphatic carbocycles. The van der Waals surface area contributed by atoms with Gasteiger partial charge in [0.2, 0.25) is 0 Å². The summed E-state index contributed by atoms with van der Waals surface area (Å²) in [5, 5.41) is 3.23. The van der Waals surface area contributed by atoms with Gasteiger partial charge in [0.05, 0.1) is 19.8 Å². The molecule has 0 aromatic carbocycles. The van der Waals surface area contributed by atoms with Crippen molar-refractivity contribution in [2.45, 2.75) is 12.5 Å². The van der Waals surface area contributed by atoms with Crippen LogP contribution < -0.4 is 5.32 Å². The molecule has 0 bridgehead atoms. The largest absolute Gasteiger partial charge is 0.382 e. The van der Waals surface area contributed by atoms with Gasteiger partial charge in [0.25, 0.3) is 0 Å². The molecular weight excluding hydrogens is 204 g/mol. The Hall–Kier alpha value is -0.970. The fraction of sp³-hybridized carbons (Fsp3) is 0.583. The van der Waals surface area contributed by atoms with Crippen LogP contribution in [0.15, 0.2) is 24.5 Å². The summed E-state index contributed by atoms with van der Waals surface area (Å²) in [4.78, 5) is 4.09. The maximum Gasteiger partial charge on any atom is 0.0701 e. The average molecular weight is 224 g/mol.